The summed E-state index contributed by atoms with van der Waals surface area (Å²) in [5, 5.41) is 8.66. The van der Waals surface area contributed by atoms with E-state index < -0.39 is 29.7 Å². The molecule has 0 radical (unpaired) electrons. The summed E-state index contributed by atoms with van der Waals surface area (Å²) in [5.41, 5.74) is 0. The third kappa shape index (κ3) is 3.38. The maximum atomic E-state index is 10.9. The maximum absolute atomic E-state index is 10.9. The molecule has 0 aromatic carbocycles. The van der Waals surface area contributed by atoms with E-state index in [2.05, 4.69) is 11.3 Å². The van der Waals surface area contributed by atoms with E-state index in [0.29, 0.717) is 0 Å². The Morgan fingerprint density at radius 3 is 2.21 bits per heavy atom. The SMILES string of the molecule is C=CC(=O)OC(C)C(C(C)=O)C(=O)O. The number of hydrogen-bond donors (Lipinski definition) is 1. The quantitative estimate of drug-likeness (QED) is 0.394. The molecule has 0 aromatic rings. The van der Waals surface area contributed by atoms with Crippen LogP contribution in [0.5, 0.6) is 0 Å². The number of Topliss-reactive ketones (excluding diaryl/α,β-unsaturated/α-hetero) is 1. The lowest BCUT2D eigenvalue weighted by Crippen LogP contribution is -2.34. The van der Waals surface area contributed by atoms with Gasteiger partial charge in [0, 0.05) is 6.08 Å². The first-order valence-corrected chi connectivity index (χ1v) is 3.96. The number of carbonyl (C=O) groups excluding carboxylic acids is 2. The minimum absolute atomic E-state index is 0.554. The van der Waals surface area contributed by atoms with Crippen molar-refractivity contribution >= 4 is 17.7 Å². The topological polar surface area (TPSA) is 80.7 Å². The Morgan fingerprint density at radius 1 is 1.43 bits per heavy atom. The molecule has 78 valence electrons. The predicted molar refractivity (Wildman–Crippen MR) is 47.6 cm³/mol. The van der Waals surface area contributed by atoms with E-state index in [1.54, 1.807) is 0 Å². The summed E-state index contributed by atoms with van der Waals surface area (Å²) < 4.78 is 4.63. The number of carboxylic acids is 1. The summed E-state index contributed by atoms with van der Waals surface area (Å²) in [5.74, 6) is -3.92. The smallest absolute Gasteiger partial charge is 0.330 e. The van der Waals surface area contributed by atoms with Crippen molar-refractivity contribution in [2.75, 3.05) is 0 Å². The van der Waals surface area contributed by atoms with Gasteiger partial charge in [-0.2, -0.15) is 0 Å². The van der Waals surface area contributed by atoms with Crippen molar-refractivity contribution in [1.82, 2.24) is 0 Å². The van der Waals surface area contributed by atoms with Crippen LogP contribution in [-0.4, -0.2) is 28.9 Å². The van der Waals surface area contributed by atoms with E-state index in [1.807, 2.05) is 0 Å². The molecule has 0 amide bonds. The van der Waals surface area contributed by atoms with Crippen molar-refractivity contribution in [1.29, 1.82) is 0 Å². The van der Waals surface area contributed by atoms with Gasteiger partial charge in [0.15, 0.2) is 5.92 Å². The number of carboxylic acid groups (broad SMARTS) is 1. The number of ether oxygens (including phenoxy) is 1. The Kier molecular flexibility index (Phi) is 4.55. The van der Waals surface area contributed by atoms with Crippen LogP contribution < -0.4 is 0 Å². The lowest BCUT2D eigenvalue weighted by molar-refractivity contribution is -0.156. The molecule has 0 rings (SSSR count). The molecule has 0 bridgehead atoms. The summed E-state index contributed by atoms with van der Waals surface area (Å²) in [4.78, 5) is 32.2. The predicted octanol–water partition coefficient (Wildman–Crippen LogP) is 0.394. The summed E-state index contributed by atoms with van der Waals surface area (Å²) in [6, 6.07) is 0. The van der Waals surface area contributed by atoms with Crippen LogP contribution in [0.1, 0.15) is 13.8 Å². The largest absolute Gasteiger partial charge is 0.481 e. The van der Waals surface area contributed by atoms with Gasteiger partial charge in [0.25, 0.3) is 0 Å². The standard InChI is InChI=1S/C9H12O5/c1-4-7(11)14-6(3)8(5(2)10)9(12)13/h4,6,8H,1H2,2-3H3,(H,12,13). The Morgan fingerprint density at radius 2 is 1.93 bits per heavy atom. The Labute approximate surface area is 81.4 Å². The molecule has 0 saturated heterocycles. The van der Waals surface area contributed by atoms with Crippen LogP contribution >= 0.6 is 0 Å². The minimum Gasteiger partial charge on any atom is -0.481 e. The van der Waals surface area contributed by atoms with Gasteiger partial charge in [-0.3, -0.25) is 9.59 Å². The fourth-order valence-electron chi connectivity index (χ4n) is 1.00. The van der Waals surface area contributed by atoms with Gasteiger partial charge in [0.1, 0.15) is 11.9 Å². The number of esters is 1. The summed E-state index contributed by atoms with van der Waals surface area (Å²) in [6.07, 6.45) is -0.0780. The molecular weight excluding hydrogens is 188 g/mol. The highest BCUT2D eigenvalue weighted by Gasteiger charge is 2.31. The summed E-state index contributed by atoms with van der Waals surface area (Å²) in [7, 11) is 0. The molecule has 2 unspecified atom stereocenters. The number of carbonyl (C=O) groups is 3. The van der Waals surface area contributed by atoms with Crippen molar-refractivity contribution in [2.45, 2.75) is 20.0 Å². The first-order chi connectivity index (χ1) is 6.40. The molecule has 1 N–H and O–H groups in total. The minimum atomic E-state index is -1.32. The van der Waals surface area contributed by atoms with Crippen LogP contribution in [0, 0.1) is 5.92 Å². The number of hydrogen-bond acceptors (Lipinski definition) is 4. The van der Waals surface area contributed by atoms with Crippen LogP contribution in [0.4, 0.5) is 0 Å². The van der Waals surface area contributed by atoms with Gasteiger partial charge in [-0.15, -0.1) is 0 Å². The normalized spacial score (nSPS) is 13.9. The van der Waals surface area contributed by atoms with Crippen LogP contribution in [-0.2, 0) is 19.1 Å². The molecular formula is C9H12O5. The Bertz CT molecular complexity index is 254. The highest BCUT2D eigenvalue weighted by atomic mass is 16.5. The van der Waals surface area contributed by atoms with E-state index in [-0.39, 0.29) is 0 Å². The van der Waals surface area contributed by atoms with Crippen molar-refractivity contribution in [2.24, 2.45) is 5.92 Å². The summed E-state index contributed by atoms with van der Waals surface area (Å²) >= 11 is 0. The zero-order chi connectivity index (χ0) is 11.3. The molecule has 14 heavy (non-hydrogen) atoms. The molecule has 0 aliphatic heterocycles. The lowest BCUT2D eigenvalue weighted by atomic mass is 10.00. The maximum Gasteiger partial charge on any atom is 0.330 e. The van der Waals surface area contributed by atoms with Gasteiger partial charge in [0.2, 0.25) is 0 Å². The average molecular weight is 200 g/mol. The molecule has 5 heteroatoms. The van der Waals surface area contributed by atoms with Crippen LogP contribution in [0.3, 0.4) is 0 Å². The summed E-state index contributed by atoms with van der Waals surface area (Å²) in [6.45, 7) is 5.64. The monoisotopic (exact) mass is 200 g/mol. The zero-order valence-electron chi connectivity index (χ0n) is 8.02. The number of ketones is 1. The molecule has 2 atom stereocenters. The van der Waals surface area contributed by atoms with Crippen molar-refractivity contribution < 1.29 is 24.2 Å². The lowest BCUT2D eigenvalue weighted by Gasteiger charge is -2.17. The molecule has 0 fully saturated rings. The third-order valence-corrected chi connectivity index (χ3v) is 1.64. The van der Waals surface area contributed by atoms with E-state index in [0.717, 1.165) is 13.0 Å². The first-order valence-electron chi connectivity index (χ1n) is 3.96. The zero-order valence-corrected chi connectivity index (χ0v) is 8.02. The van der Waals surface area contributed by atoms with E-state index in [4.69, 9.17) is 5.11 Å². The molecule has 0 spiro atoms. The molecule has 0 aromatic heterocycles. The second-order valence-corrected chi connectivity index (χ2v) is 2.77. The van der Waals surface area contributed by atoms with Crippen molar-refractivity contribution in [3.63, 3.8) is 0 Å². The van der Waals surface area contributed by atoms with Gasteiger partial charge < -0.3 is 9.84 Å². The van der Waals surface area contributed by atoms with Gasteiger partial charge in [0.05, 0.1) is 0 Å². The van der Waals surface area contributed by atoms with Gasteiger partial charge >= 0.3 is 11.9 Å². The van der Waals surface area contributed by atoms with Crippen molar-refractivity contribution in [3.05, 3.63) is 12.7 Å². The van der Waals surface area contributed by atoms with Crippen LogP contribution in [0.15, 0.2) is 12.7 Å². The van der Waals surface area contributed by atoms with E-state index in [1.165, 1.54) is 6.92 Å². The highest BCUT2D eigenvalue weighted by Crippen LogP contribution is 2.10. The average Bonchev–Trinajstić information content (AvgIpc) is 2.02. The van der Waals surface area contributed by atoms with Crippen LogP contribution in [0.25, 0.3) is 0 Å². The Balaban J connectivity index is 4.52. The first kappa shape index (κ1) is 12.3. The van der Waals surface area contributed by atoms with E-state index >= 15 is 0 Å². The molecule has 0 aliphatic carbocycles. The highest BCUT2D eigenvalue weighted by molar-refractivity contribution is 5.97. The van der Waals surface area contributed by atoms with Gasteiger partial charge in [-0.25, -0.2) is 4.79 Å². The number of aliphatic carboxylic acids is 1. The van der Waals surface area contributed by atoms with Gasteiger partial charge in [-0.05, 0) is 13.8 Å². The van der Waals surface area contributed by atoms with Crippen LogP contribution in [0.2, 0.25) is 0 Å². The molecule has 0 heterocycles. The number of rotatable bonds is 5. The van der Waals surface area contributed by atoms with Crippen molar-refractivity contribution in [3.8, 4) is 0 Å². The second kappa shape index (κ2) is 5.16. The van der Waals surface area contributed by atoms with Gasteiger partial charge in [-0.1, -0.05) is 6.58 Å². The molecule has 5 nitrogen and oxygen atoms in total. The third-order valence-electron chi connectivity index (χ3n) is 1.64. The fourth-order valence-corrected chi connectivity index (χ4v) is 1.00. The second-order valence-electron chi connectivity index (χ2n) is 2.77. The Hall–Kier alpha value is -1.65. The fraction of sp³-hybridized carbons (Fsp3) is 0.444. The molecule has 0 saturated carbocycles. The molecule has 0 aliphatic rings. The van der Waals surface area contributed by atoms with E-state index in [9.17, 15) is 14.4 Å².